The Kier molecular flexibility index (Phi) is 4.43. The molecule has 104 valence electrons. The van der Waals surface area contributed by atoms with E-state index in [-0.39, 0.29) is 5.69 Å². The molecule has 6 nitrogen and oxygen atoms in total. The zero-order valence-electron chi connectivity index (χ0n) is 11.0. The summed E-state index contributed by atoms with van der Waals surface area (Å²) in [6.07, 6.45) is 2.11. The van der Waals surface area contributed by atoms with Gasteiger partial charge >= 0.3 is 5.69 Å². The number of fused-ring (bicyclic) bond motifs is 1. The van der Waals surface area contributed by atoms with Crippen LogP contribution in [-0.2, 0) is 11.0 Å². The average Bonchev–Trinajstić information content (AvgIpc) is 2.79. The third-order valence-corrected chi connectivity index (χ3v) is 3.81. The maximum atomic E-state index is 11.9. The standard InChI is InChI=1S/C12H17IN4O2/c1-3-4-7(2)6-17-10-9(11(18)16-12(17)19)14-8(5-13)15-10/h7H,3-6H2,1-2H3,(H,14,15)(H,16,18,19). The van der Waals surface area contributed by atoms with E-state index in [1.54, 1.807) is 4.57 Å². The van der Waals surface area contributed by atoms with Gasteiger partial charge in [0.25, 0.3) is 5.56 Å². The first-order chi connectivity index (χ1) is 9.06. The van der Waals surface area contributed by atoms with E-state index in [4.69, 9.17) is 0 Å². The molecule has 0 saturated carbocycles. The Morgan fingerprint density at radius 2 is 2.11 bits per heavy atom. The summed E-state index contributed by atoms with van der Waals surface area (Å²) in [7, 11) is 0. The van der Waals surface area contributed by atoms with Crippen molar-refractivity contribution in [3.8, 4) is 0 Å². The largest absolute Gasteiger partial charge is 0.335 e. The molecule has 0 aliphatic heterocycles. The van der Waals surface area contributed by atoms with Gasteiger partial charge in [0.05, 0.1) is 4.43 Å². The number of hydrogen-bond donors (Lipinski definition) is 2. The second-order valence-corrected chi connectivity index (χ2v) is 5.54. The number of halogens is 1. The molecule has 1 unspecified atom stereocenters. The van der Waals surface area contributed by atoms with E-state index in [0.29, 0.717) is 33.9 Å². The zero-order valence-corrected chi connectivity index (χ0v) is 13.2. The Bertz CT molecular complexity index is 685. The first kappa shape index (κ1) is 14.3. The number of hydrogen-bond acceptors (Lipinski definition) is 3. The lowest BCUT2D eigenvalue weighted by molar-refractivity contribution is 0.440. The highest BCUT2D eigenvalue weighted by molar-refractivity contribution is 14.1. The van der Waals surface area contributed by atoms with Crippen LogP contribution in [0.15, 0.2) is 9.59 Å². The molecule has 2 heterocycles. The van der Waals surface area contributed by atoms with Gasteiger partial charge in [-0.3, -0.25) is 14.3 Å². The minimum absolute atomic E-state index is 0.372. The van der Waals surface area contributed by atoms with E-state index >= 15 is 0 Å². The molecule has 0 amide bonds. The fourth-order valence-corrected chi connectivity index (χ4v) is 2.58. The Morgan fingerprint density at radius 1 is 1.37 bits per heavy atom. The molecule has 0 aromatic carbocycles. The fourth-order valence-electron chi connectivity index (χ4n) is 2.22. The number of nitrogens with one attached hydrogen (secondary N) is 2. The summed E-state index contributed by atoms with van der Waals surface area (Å²) in [5.41, 5.74) is 0.0632. The van der Waals surface area contributed by atoms with Crippen molar-refractivity contribution in [2.24, 2.45) is 5.92 Å². The number of nitrogens with zero attached hydrogens (tertiary/aromatic N) is 2. The summed E-state index contributed by atoms with van der Waals surface area (Å²) in [4.78, 5) is 33.3. The van der Waals surface area contributed by atoms with Crippen molar-refractivity contribution in [3.05, 3.63) is 26.7 Å². The van der Waals surface area contributed by atoms with Gasteiger partial charge in [0, 0.05) is 6.54 Å². The SMILES string of the molecule is CCCC(C)Cn1c(=O)[nH]c(=O)c2[nH]c(CI)nc21. The van der Waals surface area contributed by atoms with Gasteiger partial charge in [-0.2, -0.15) is 0 Å². The average molecular weight is 376 g/mol. The first-order valence-electron chi connectivity index (χ1n) is 6.34. The molecular weight excluding hydrogens is 359 g/mol. The first-order valence-corrected chi connectivity index (χ1v) is 7.87. The number of alkyl halides is 1. The molecule has 0 bridgehead atoms. The van der Waals surface area contributed by atoms with E-state index in [1.165, 1.54) is 0 Å². The van der Waals surface area contributed by atoms with E-state index in [0.717, 1.165) is 12.8 Å². The molecule has 19 heavy (non-hydrogen) atoms. The number of aromatic amines is 2. The fraction of sp³-hybridized carbons (Fsp3) is 0.583. The highest BCUT2D eigenvalue weighted by Crippen LogP contribution is 2.12. The minimum atomic E-state index is -0.400. The van der Waals surface area contributed by atoms with Crippen LogP contribution in [0.25, 0.3) is 11.2 Å². The van der Waals surface area contributed by atoms with Crippen molar-refractivity contribution in [3.63, 3.8) is 0 Å². The van der Waals surface area contributed by atoms with Crippen LogP contribution in [0.4, 0.5) is 0 Å². The second kappa shape index (κ2) is 5.89. The van der Waals surface area contributed by atoms with Crippen molar-refractivity contribution >= 4 is 33.8 Å². The maximum Gasteiger partial charge on any atom is 0.330 e. The van der Waals surface area contributed by atoms with Crippen LogP contribution in [0.3, 0.4) is 0 Å². The van der Waals surface area contributed by atoms with Gasteiger partial charge in [0.15, 0.2) is 5.65 Å². The van der Waals surface area contributed by atoms with Gasteiger partial charge < -0.3 is 4.98 Å². The molecule has 0 spiro atoms. The molecule has 2 aromatic heterocycles. The lowest BCUT2D eigenvalue weighted by Crippen LogP contribution is -2.32. The number of aromatic nitrogens is 4. The van der Waals surface area contributed by atoms with E-state index < -0.39 is 5.56 Å². The molecule has 0 fully saturated rings. The van der Waals surface area contributed by atoms with Crippen LogP contribution in [0.1, 0.15) is 32.5 Å². The van der Waals surface area contributed by atoms with Gasteiger partial charge in [-0.15, -0.1) is 0 Å². The molecule has 0 aliphatic rings. The van der Waals surface area contributed by atoms with Gasteiger partial charge in [-0.25, -0.2) is 9.78 Å². The van der Waals surface area contributed by atoms with Gasteiger partial charge in [0.2, 0.25) is 0 Å². The van der Waals surface area contributed by atoms with Crippen LogP contribution in [0.2, 0.25) is 0 Å². The van der Waals surface area contributed by atoms with E-state index in [1.807, 2.05) is 0 Å². The van der Waals surface area contributed by atoms with Crippen LogP contribution >= 0.6 is 22.6 Å². The van der Waals surface area contributed by atoms with Crippen LogP contribution in [0, 0.1) is 5.92 Å². The van der Waals surface area contributed by atoms with Crippen LogP contribution < -0.4 is 11.2 Å². The predicted molar refractivity (Wildman–Crippen MR) is 82.8 cm³/mol. The monoisotopic (exact) mass is 376 g/mol. The lowest BCUT2D eigenvalue weighted by atomic mass is 10.1. The minimum Gasteiger partial charge on any atom is -0.335 e. The quantitative estimate of drug-likeness (QED) is 0.617. The Morgan fingerprint density at radius 3 is 2.74 bits per heavy atom. The summed E-state index contributed by atoms with van der Waals surface area (Å²) in [6, 6.07) is 0. The molecule has 0 radical (unpaired) electrons. The molecule has 1 atom stereocenters. The third kappa shape index (κ3) is 2.90. The third-order valence-electron chi connectivity index (χ3n) is 3.08. The molecule has 0 saturated heterocycles. The zero-order chi connectivity index (χ0) is 14.0. The summed E-state index contributed by atoms with van der Waals surface area (Å²) in [6.45, 7) is 4.79. The lowest BCUT2D eigenvalue weighted by Gasteiger charge is -2.12. The molecule has 2 N–H and O–H groups in total. The van der Waals surface area contributed by atoms with Crippen molar-refractivity contribution in [1.29, 1.82) is 0 Å². The number of rotatable bonds is 5. The predicted octanol–water partition coefficient (Wildman–Crippen LogP) is 1.78. The van der Waals surface area contributed by atoms with E-state index in [2.05, 4.69) is 51.4 Å². The van der Waals surface area contributed by atoms with Gasteiger partial charge in [-0.1, -0.05) is 42.9 Å². The Hall–Kier alpha value is -1.12. The van der Waals surface area contributed by atoms with Crippen LogP contribution in [-0.4, -0.2) is 19.5 Å². The van der Waals surface area contributed by atoms with Crippen molar-refractivity contribution in [1.82, 2.24) is 19.5 Å². The second-order valence-electron chi connectivity index (χ2n) is 4.78. The molecule has 0 aliphatic carbocycles. The van der Waals surface area contributed by atoms with E-state index in [9.17, 15) is 9.59 Å². The van der Waals surface area contributed by atoms with Gasteiger partial charge in [-0.05, 0) is 12.3 Å². The highest BCUT2D eigenvalue weighted by atomic mass is 127. The Balaban J connectivity index is 2.56. The summed E-state index contributed by atoms with van der Waals surface area (Å²) >= 11 is 2.17. The van der Waals surface area contributed by atoms with Crippen molar-refractivity contribution < 1.29 is 0 Å². The molecular formula is C12H17IN4O2. The van der Waals surface area contributed by atoms with Gasteiger partial charge in [0.1, 0.15) is 11.3 Å². The number of H-pyrrole nitrogens is 2. The molecule has 2 rings (SSSR count). The van der Waals surface area contributed by atoms with Crippen LogP contribution in [0.5, 0.6) is 0 Å². The van der Waals surface area contributed by atoms with Crippen molar-refractivity contribution in [2.75, 3.05) is 0 Å². The summed E-state index contributed by atoms with van der Waals surface area (Å²) in [5.74, 6) is 1.08. The maximum absolute atomic E-state index is 11.9. The Labute approximate surface area is 123 Å². The molecule has 2 aromatic rings. The summed E-state index contributed by atoms with van der Waals surface area (Å²) in [5, 5.41) is 0. The van der Waals surface area contributed by atoms with Crippen molar-refractivity contribution in [2.45, 2.75) is 37.7 Å². The summed E-state index contributed by atoms with van der Waals surface area (Å²) < 4.78 is 2.23. The topological polar surface area (TPSA) is 83.5 Å². The molecule has 7 heteroatoms. The highest BCUT2D eigenvalue weighted by Gasteiger charge is 2.14. The number of imidazole rings is 1. The smallest absolute Gasteiger partial charge is 0.330 e. The normalized spacial score (nSPS) is 13.0.